The van der Waals surface area contributed by atoms with Gasteiger partial charge in [0, 0.05) is 0 Å². The third-order valence-electron chi connectivity index (χ3n) is 2.53. The summed E-state index contributed by atoms with van der Waals surface area (Å²) in [7, 11) is 0. The number of nitrogens with two attached hydrogens (primary N) is 1. The lowest BCUT2D eigenvalue weighted by Crippen LogP contribution is -2.49. The first kappa shape index (κ1) is 18.4. The van der Waals surface area contributed by atoms with Crippen molar-refractivity contribution >= 4 is 17.8 Å². The molecule has 0 saturated carbocycles. The average molecular weight is 288 g/mol. The monoisotopic (exact) mass is 288 g/mol. The van der Waals surface area contributed by atoms with E-state index >= 15 is 0 Å². The third kappa shape index (κ3) is 7.73. The van der Waals surface area contributed by atoms with E-state index in [2.05, 4.69) is 5.32 Å². The van der Waals surface area contributed by atoms with Gasteiger partial charge in [0.25, 0.3) is 0 Å². The Kier molecular flexibility index (Phi) is 8.54. The van der Waals surface area contributed by atoms with Crippen LogP contribution in [0.5, 0.6) is 0 Å². The zero-order valence-electron chi connectivity index (χ0n) is 12.2. The maximum absolute atomic E-state index is 11.8. The highest BCUT2D eigenvalue weighted by atomic mass is 16.5. The van der Waals surface area contributed by atoms with E-state index in [1.807, 2.05) is 6.92 Å². The number of amides is 1. The van der Waals surface area contributed by atoms with Crippen LogP contribution in [0.25, 0.3) is 0 Å². The first-order valence-corrected chi connectivity index (χ1v) is 6.76. The lowest BCUT2D eigenvalue weighted by molar-refractivity contribution is -0.151. The molecule has 0 bridgehead atoms. The van der Waals surface area contributed by atoms with Crippen LogP contribution in [-0.2, 0) is 19.1 Å². The van der Waals surface area contributed by atoms with Crippen molar-refractivity contribution in [1.82, 2.24) is 5.32 Å². The zero-order valence-corrected chi connectivity index (χ0v) is 12.2. The predicted octanol–water partition coefficient (Wildman–Crippen LogP) is 0.415. The summed E-state index contributed by atoms with van der Waals surface area (Å²) < 4.78 is 5.06. The highest BCUT2D eigenvalue weighted by Crippen LogP contribution is 2.05. The minimum absolute atomic E-state index is 0.281. The fourth-order valence-electron chi connectivity index (χ4n) is 1.53. The Balaban J connectivity index is 4.58. The molecule has 0 spiro atoms. The SMILES string of the molecule is CCCC[C@@H](NC(=O)[C@@H](N)CC(=O)O)C(=O)OC(C)C. The zero-order chi connectivity index (χ0) is 15.7. The Morgan fingerprint density at radius 1 is 1.30 bits per heavy atom. The maximum Gasteiger partial charge on any atom is 0.328 e. The molecular formula is C13H24N2O5. The van der Waals surface area contributed by atoms with E-state index in [1.54, 1.807) is 13.8 Å². The van der Waals surface area contributed by atoms with Gasteiger partial charge in [-0.05, 0) is 20.3 Å². The second-order valence-corrected chi connectivity index (χ2v) is 4.89. The third-order valence-corrected chi connectivity index (χ3v) is 2.53. The van der Waals surface area contributed by atoms with E-state index in [1.165, 1.54) is 0 Å². The van der Waals surface area contributed by atoms with Crippen LogP contribution in [0.15, 0.2) is 0 Å². The van der Waals surface area contributed by atoms with Gasteiger partial charge in [0.1, 0.15) is 6.04 Å². The summed E-state index contributed by atoms with van der Waals surface area (Å²) >= 11 is 0. The van der Waals surface area contributed by atoms with E-state index in [4.69, 9.17) is 15.6 Å². The van der Waals surface area contributed by atoms with Crippen LogP contribution >= 0.6 is 0 Å². The summed E-state index contributed by atoms with van der Waals surface area (Å²) in [5.41, 5.74) is 5.45. The minimum atomic E-state index is -1.18. The Hall–Kier alpha value is -1.63. The fraction of sp³-hybridized carbons (Fsp3) is 0.769. The van der Waals surface area contributed by atoms with Crippen molar-refractivity contribution in [3.05, 3.63) is 0 Å². The highest BCUT2D eigenvalue weighted by Gasteiger charge is 2.26. The van der Waals surface area contributed by atoms with Gasteiger partial charge in [0.15, 0.2) is 0 Å². The van der Waals surface area contributed by atoms with E-state index in [-0.39, 0.29) is 6.10 Å². The molecule has 0 heterocycles. The van der Waals surface area contributed by atoms with Crippen LogP contribution in [0, 0.1) is 0 Å². The quantitative estimate of drug-likeness (QED) is 0.529. The van der Waals surface area contributed by atoms with Crippen molar-refractivity contribution in [2.45, 2.75) is 64.6 Å². The molecule has 0 unspecified atom stereocenters. The second-order valence-electron chi connectivity index (χ2n) is 4.89. The molecule has 1 amide bonds. The number of hydrogen-bond donors (Lipinski definition) is 3. The summed E-state index contributed by atoms with van der Waals surface area (Å²) in [6.07, 6.45) is 1.28. The summed E-state index contributed by atoms with van der Waals surface area (Å²) in [6, 6.07) is -1.96. The van der Waals surface area contributed by atoms with Crippen LogP contribution in [0.4, 0.5) is 0 Å². The minimum Gasteiger partial charge on any atom is -0.481 e. The molecule has 2 atom stereocenters. The smallest absolute Gasteiger partial charge is 0.328 e. The van der Waals surface area contributed by atoms with Crippen LogP contribution in [-0.4, -0.2) is 41.1 Å². The number of nitrogens with one attached hydrogen (secondary N) is 1. The summed E-state index contributed by atoms with van der Waals surface area (Å²) in [5.74, 6) is -2.35. The van der Waals surface area contributed by atoms with E-state index in [0.717, 1.165) is 12.8 Å². The Bertz CT molecular complexity index is 344. The van der Waals surface area contributed by atoms with Gasteiger partial charge in [0.05, 0.1) is 18.6 Å². The molecule has 116 valence electrons. The molecule has 0 aromatic carbocycles. The number of carboxylic acid groups (broad SMARTS) is 1. The number of hydrogen-bond acceptors (Lipinski definition) is 5. The van der Waals surface area contributed by atoms with E-state index in [0.29, 0.717) is 6.42 Å². The lowest BCUT2D eigenvalue weighted by atomic mass is 10.1. The molecule has 4 N–H and O–H groups in total. The molecule has 0 aromatic heterocycles. The molecule has 0 aliphatic rings. The number of carbonyl (C=O) groups is 3. The molecule has 7 heteroatoms. The van der Waals surface area contributed by atoms with Crippen LogP contribution in [0.2, 0.25) is 0 Å². The number of rotatable bonds is 9. The van der Waals surface area contributed by atoms with Crippen molar-refractivity contribution in [2.24, 2.45) is 5.73 Å². The number of carbonyl (C=O) groups excluding carboxylic acids is 2. The highest BCUT2D eigenvalue weighted by molar-refractivity contribution is 5.89. The van der Waals surface area contributed by atoms with Gasteiger partial charge in [-0.3, -0.25) is 9.59 Å². The Labute approximate surface area is 118 Å². The fourth-order valence-corrected chi connectivity index (χ4v) is 1.53. The molecule has 0 radical (unpaired) electrons. The molecule has 0 saturated heterocycles. The van der Waals surface area contributed by atoms with Crippen molar-refractivity contribution in [3.63, 3.8) is 0 Å². The number of esters is 1. The molecule has 0 aliphatic heterocycles. The maximum atomic E-state index is 11.8. The number of carboxylic acids is 1. The lowest BCUT2D eigenvalue weighted by Gasteiger charge is -2.20. The van der Waals surface area contributed by atoms with Crippen molar-refractivity contribution < 1.29 is 24.2 Å². The molecule has 0 rings (SSSR count). The Morgan fingerprint density at radius 3 is 2.35 bits per heavy atom. The predicted molar refractivity (Wildman–Crippen MR) is 72.9 cm³/mol. The van der Waals surface area contributed by atoms with E-state index < -0.39 is 36.4 Å². The van der Waals surface area contributed by atoms with Gasteiger partial charge in [-0.2, -0.15) is 0 Å². The van der Waals surface area contributed by atoms with Crippen LogP contribution < -0.4 is 11.1 Å². The van der Waals surface area contributed by atoms with Crippen LogP contribution in [0.1, 0.15) is 46.5 Å². The van der Waals surface area contributed by atoms with Crippen molar-refractivity contribution in [3.8, 4) is 0 Å². The summed E-state index contributed by atoms with van der Waals surface area (Å²) in [5, 5.41) is 11.0. The van der Waals surface area contributed by atoms with Gasteiger partial charge >= 0.3 is 11.9 Å². The van der Waals surface area contributed by atoms with Crippen molar-refractivity contribution in [2.75, 3.05) is 0 Å². The van der Waals surface area contributed by atoms with Gasteiger partial charge in [-0.15, -0.1) is 0 Å². The summed E-state index contributed by atoms with van der Waals surface area (Å²) in [4.78, 5) is 34.1. The molecule has 0 aromatic rings. The van der Waals surface area contributed by atoms with Crippen molar-refractivity contribution in [1.29, 1.82) is 0 Å². The molecule has 7 nitrogen and oxygen atoms in total. The standard InChI is InChI=1S/C13H24N2O5/c1-4-5-6-10(13(19)20-8(2)3)15-12(18)9(14)7-11(16)17/h8-10H,4-7,14H2,1-3H3,(H,15,18)(H,16,17)/t9-,10+/m0/s1. The van der Waals surface area contributed by atoms with Gasteiger partial charge in [0.2, 0.25) is 5.91 Å². The van der Waals surface area contributed by atoms with Crippen LogP contribution in [0.3, 0.4) is 0 Å². The average Bonchev–Trinajstić information content (AvgIpc) is 2.32. The van der Waals surface area contributed by atoms with Gasteiger partial charge in [-0.1, -0.05) is 19.8 Å². The first-order valence-electron chi connectivity index (χ1n) is 6.76. The molecule has 0 fully saturated rings. The summed E-state index contributed by atoms with van der Waals surface area (Å²) in [6.45, 7) is 5.39. The van der Waals surface area contributed by atoms with Gasteiger partial charge < -0.3 is 20.9 Å². The molecular weight excluding hydrogens is 264 g/mol. The number of unbranched alkanes of at least 4 members (excludes halogenated alkanes) is 1. The second kappa shape index (κ2) is 9.30. The molecule has 20 heavy (non-hydrogen) atoms. The topological polar surface area (TPSA) is 119 Å². The number of aliphatic carboxylic acids is 1. The van der Waals surface area contributed by atoms with E-state index in [9.17, 15) is 14.4 Å². The normalized spacial score (nSPS) is 13.7. The number of ether oxygens (including phenoxy) is 1. The van der Waals surface area contributed by atoms with Gasteiger partial charge in [-0.25, -0.2) is 4.79 Å². The molecule has 0 aliphatic carbocycles. The first-order chi connectivity index (χ1) is 9.27. The Morgan fingerprint density at radius 2 is 1.90 bits per heavy atom. The largest absolute Gasteiger partial charge is 0.481 e.